The van der Waals surface area contributed by atoms with Crippen LogP contribution in [0.1, 0.15) is 51.0 Å². The first-order valence-corrected chi connectivity index (χ1v) is 11.3. The molecule has 0 saturated carbocycles. The molecular formula is C26H30N4O5. The number of anilines is 1. The highest BCUT2D eigenvalue weighted by Gasteiger charge is 2.34. The van der Waals surface area contributed by atoms with Crippen LogP contribution in [-0.4, -0.2) is 38.3 Å². The van der Waals surface area contributed by atoms with Crippen LogP contribution in [0.5, 0.6) is 5.75 Å². The molecule has 1 aromatic carbocycles. The second-order valence-corrected chi connectivity index (χ2v) is 9.10. The van der Waals surface area contributed by atoms with E-state index < -0.39 is 17.5 Å². The number of benzene rings is 1. The van der Waals surface area contributed by atoms with Gasteiger partial charge in [0.1, 0.15) is 23.4 Å². The van der Waals surface area contributed by atoms with Gasteiger partial charge >= 0.3 is 0 Å². The van der Waals surface area contributed by atoms with Crippen LogP contribution in [0, 0.1) is 0 Å². The maximum atomic E-state index is 13.4. The second-order valence-electron chi connectivity index (χ2n) is 9.10. The van der Waals surface area contributed by atoms with Crippen LogP contribution in [0.15, 0.2) is 71.5 Å². The largest absolute Gasteiger partial charge is 0.508 e. The summed E-state index contributed by atoms with van der Waals surface area (Å²) in [5, 5.41) is 15.3. The van der Waals surface area contributed by atoms with Gasteiger partial charge in [-0.25, -0.2) is 4.98 Å². The van der Waals surface area contributed by atoms with Crippen molar-refractivity contribution in [2.24, 2.45) is 0 Å². The summed E-state index contributed by atoms with van der Waals surface area (Å²) in [6.07, 6.45) is 2.83. The molecule has 3 aromatic rings. The van der Waals surface area contributed by atoms with Crippen LogP contribution in [0.3, 0.4) is 0 Å². The molecule has 0 bridgehead atoms. The van der Waals surface area contributed by atoms with E-state index in [2.05, 4.69) is 15.6 Å². The molecule has 2 aromatic heterocycles. The minimum atomic E-state index is -1.01. The second kappa shape index (κ2) is 11.3. The third kappa shape index (κ3) is 7.70. The summed E-state index contributed by atoms with van der Waals surface area (Å²) in [4.78, 5) is 44.7. The van der Waals surface area contributed by atoms with Crippen molar-refractivity contribution in [1.82, 2.24) is 15.2 Å². The van der Waals surface area contributed by atoms with Crippen molar-refractivity contribution in [3.8, 4) is 5.75 Å². The number of nitrogens with one attached hydrogen (secondary N) is 2. The Balaban J connectivity index is 1.86. The van der Waals surface area contributed by atoms with Crippen molar-refractivity contribution in [3.63, 3.8) is 0 Å². The van der Waals surface area contributed by atoms with Crippen molar-refractivity contribution < 1.29 is 23.9 Å². The number of phenolic OH excluding ortho intramolecular Hbond substituents is 1. The fourth-order valence-corrected chi connectivity index (χ4v) is 3.47. The van der Waals surface area contributed by atoms with Gasteiger partial charge in [0.25, 0.3) is 0 Å². The molecule has 3 amide bonds. The molecule has 0 aliphatic rings. The van der Waals surface area contributed by atoms with E-state index in [4.69, 9.17) is 4.42 Å². The zero-order valence-corrected chi connectivity index (χ0v) is 20.0. The van der Waals surface area contributed by atoms with Crippen LogP contribution < -0.4 is 10.6 Å². The van der Waals surface area contributed by atoms with E-state index in [0.717, 1.165) is 0 Å². The Morgan fingerprint density at radius 1 is 1.03 bits per heavy atom. The molecule has 1 unspecified atom stereocenters. The molecule has 0 radical (unpaired) electrons. The first-order valence-electron chi connectivity index (χ1n) is 11.3. The molecule has 0 fully saturated rings. The summed E-state index contributed by atoms with van der Waals surface area (Å²) in [6, 6.07) is 13.6. The first kappa shape index (κ1) is 25.5. The Morgan fingerprint density at radius 3 is 2.37 bits per heavy atom. The van der Waals surface area contributed by atoms with Crippen molar-refractivity contribution in [3.05, 3.63) is 78.4 Å². The first-order chi connectivity index (χ1) is 16.6. The Kier molecular flexibility index (Phi) is 8.25. The quantitative estimate of drug-likeness (QED) is 0.430. The molecule has 3 rings (SSSR count). The third-order valence-electron chi connectivity index (χ3n) is 4.99. The van der Waals surface area contributed by atoms with Crippen LogP contribution >= 0.6 is 0 Å². The minimum absolute atomic E-state index is 0.0246. The molecular weight excluding hydrogens is 448 g/mol. The van der Waals surface area contributed by atoms with E-state index in [1.807, 2.05) is 20.8 Å². The van der Waals surface area contributed by atoms with E-state index in [-0.39, 0.29) is 37.0 Å². The van der Waals surface area contributed by atoms with Crippen LogP contribution in [0.4, 0.5) is 5.82 Å². The number of nitrogens with zero attached hydrogens (tertiary/aromatic N) is 2. The number of hydrogen-bond acceptors (Lipinski definition) is 6. The maximum absolute atomic E-state index is 13.4. The van der Waals surface area contributed by atoms with Crippen molar-refractivity contribution >= 4 is 23.5 Å². The molecule has 0 saturated heterocycles. The van der Waals surface area contributed by atoms with E-state index in [1.165, 1.54) is 23.3 Å². The predicted octanol–water partition coefficient (Wildman–Crippen LogP) is 3.78. The van der Waals surface area contributed by atoms with Gasteiger partial charge in [-0.15, -0.1) is 0 Å². The zero-order valence-electron chi connectivity index (χ0n) is 20.0. The summed E-state index contributed by atoms with van der Waals surface area (Å²) >= 11 is 0. The Morgan fingerprint density at radius 2 is 1.77 bits per heavy atom. The van der Waals surface area contributed by atoms with Gasteiger partial charge in [-0.1, -0.05) is 18.2 Å². The van der Waals surface area contributed by atoms with E-state index >= 15 is 0 Å². The molecule has 0 aliphatic carbocycles. The number of phenols is 1. The number of aromatic hydroxyl groups is 1. The molecule has 2 heterocycles. The van der Waals surface area contributed by atoms with Crippen molar-refractivity contribution in [2.75, 3.05) is 5.32 Å². The highest BCUT2D eigenvalue weighted by atomic mass is 16.3. The topological polar surface area (TPSA) is 125 Å². The molecule has 35 heavy (non-hydrogen) atoms. The fraction of sp³-hybridized carbons (Fsp3) is 0.308. The lowest BCUT2D eigenvalue weighted by atomic mass is 10.0. The van der Waals surface area contributed by atoms with Gasteiger partial charge < -0.3 is 25.1 Å². The monoisotopic (exact) mass is 478 g/mol. The van der Waals surface area contributed by atoms with Crippen LogP contribution in [0.25, 0.3) is 0 Å². The Bertz CT molecular complexity index is 1120. The number of furan rings is 1. The Labute approximate surface area is 204 Å². The maximum Gasteiger partial charge on any atom is 0.247 e. The van der Waals surface area contributed by atoms with Gasteiger partial charge in [0.15, 0.2) is 0 Å². The number of rotatable bonds is 9. The van der Waals surface area contributed by atoms with E-state index in [9.17, 15) is 19.5 Å². The molecule has 9 heteroatoms. The highest BCUT2D eigenvalue weighted by molar-refractivity contribution is 5.94. The number of amides is 3. The fourth-order valence-electron chi connectivity index (χ4n) is 3.47. The van der Waals surface area contributed by atoms with Crippen LogP contribution in [-0.2, 0) is 20.9 Å². The van der Waals surface area contributed by atoms with Gasteiger partial charge in [0.2, 0.25) is 17.7 Å². The van der Waals surface area contributed by atoms with Gasteiger partial charge in [0.05, 0.1) is 12.8 Å². The average Bonchev–Trinajstić information content (AvgIpc) is 3.31. The van der Waals surface area contributed by atoms with Gasteiger partial charge in [-0.2, -0.15) is 0 Å². The molecule has 9 nitrogen and oxygen atoms in total. The number of carbonyl (C=O) groups is 3. The zero-order chi connectivity index (χ0) is 25.4. The minimum Gasteiger partial charge on any atom is -0.508 e. The standard InChI is InChI=1S/C26H30N4O5/c1-26(2,3)29-25(34)24(18-9-11-19(31)12-10-18)30(17-20-7-6-16-35-20)23(33)14-13-22(32)28-21-8-4-5-15-27-21/h4-12,15-16,24,31H,13-14,17H2,1-3H3,(H,29,34)(H,27,28,32). The highest BCUT2D eigenvalue weighted by Crippen LogP contribution is 2.27. The Hall–Kier alpha value is -4.14. The third-order valence-corrected chi connectivity index (χ3v) is 4.99. The van der Waals surface area contributed by atoms with Gasteiger partial charge in [-0.3, -0.25) is 14.4 Å². The molecule has 0 spiro atoms. The van der Waals surface area contributed by atoms with E-state index in [1.54, 1.807) is 48.7 Å². The van der Waals surface area contributed by atoms with Gasteiger partial charge in [0, 0.05) is 24.6 Å². The summed E-state index contributed by atoms with van der Waals surface area (Å²) in [5.74, 6) is -0.234. The number of aromatic nitrogens is 1. The SMILES string of the molecule is CC(C)(C)NC(=O)C(c1ccc(O)cc1)N(Cc1ccco1)C(=O)CCC(=O)Nc1ccccn1. The average molecular weight is 479 g/mol. The summed E-state index contributed by atoms with van der Waals surface area (Å²) in [5.41, 5.74) is -0.0313. The van der Waals surface area contributed by atoms with Crippen LogP contribution in [0.2, 0.25) is 0 Å². The summed E-state index contributed by atoms with van der Waals surface area (Å²) in [7, 11) is 0. The van der Waals surface area contributed by atoms with E-state index in [0.29, 0.717) is 17.1 Å². The van der Waals surface area contributed by atoms with Gasteiger partial charge in [-0.05, 0) is 62.7 Å². The number of pyridine rings is 1. The lowest BCUT2D eigenvalue weighted by Crippen LogP contribution is -2.49. The lowest BCUT2D eigenvalue weighted by Gasteiger charge is -2.33. The van der Waals surface area contributed by atoms with Crippen molar-refractivity contribution in [2.45, 2.75) is 51.7 Å². The molecule has 184 valence electrons. The normalized spacial score (nSPS) is 12.0. The summed E-state index contributed by atoms with van der Waals surface area (Å²) in [6.45, 7) is 5.56. The lowest BCUT2D eigenvalue weighted by molar-refractivity contribution is -0.143. The predicted molar refractivity (Wildman–Crippen MR) is 130 cm³/mol. The molecule has 0 aliphatic heterocycles. The summed E-state index contributed by atoms with van der Waals surface area (Å²) < 4.78 is 5.45. The molecule has 1 atom stereocenters. The smallest absolute Gasteiger partial charge is 0.247 e. The molecule has 3 N–H and O–H groups in total. The number of hydrogen-bond donors (Lipinski definition) is 3. The number of carbonyl (C=O) groups excluding carboxylic acids is 3. The van der Waals surface area contributed by atoms with Crippen molar-refractivity contribution in [1.29, 1.82) is 0 Å².